The molecule has 2 aromatic rings. The topological polar surface area (TPSA) is 15.8 Å². The van der Waals surface area contributed by atoms with Gasteiger partial charge in [-0.05, 0) is 30.0 Å². The Labute approximate surface area is 82.9 Å². The minimum absolute atomic E-state index is 0.169. The van der Waals surface area contributed by atoms with Gasteiger partial charge in [-0.2, -0.15) is 0 Å². The van der Waals surface area contributed by atoms with Crippen molar-refractivity contribution < 1.29 is 4.39 Å². The van der Waals surface area contributed by atoms with Gasteiger partial charge < -0.3 is 4.98 Å². The van der Waals surface area contributed by atoms with Crippen molar-refractivity contribution in [2.45, 2.75) is 26.7 Å². The Morgan fingerprint density at radius 3 is 2.64 bits per heavy atom. The largest absolute Gasteiger partial charge is 0.359 e. The first kappa shape index (κ1) is 9.25. The number of aromatic nitrogens is 1. The minimum Gasteiger partial charge on any atom is -0.359 e. The van der Waals surface area contributed by atoms with Crippen LogP contribution in [0.4, 0.5) is 4.39 Å². The number of halogens is 1. The molecule has 0 aliphatic carbocycles. The number of aryl methyl sites for hydroxylation is 1. The average molecular weight is 191 g/mol. The second kappa shape index (κ2) is 3.12. The maximum atomic E-state index is 13.4. The van der Waals surface area contributed by atoms with Gasteiger partial charge >= 0.3 is 0 Å². The highest BCUT2D eigenvalue weighted by molar-refractivity contribution is 5.87. The van der Waals surface area contributed by atoms with Gasteiger partial charge in [0, 0.05) is 11.6 Å². The van der Waals surface area contributed by atoms with Gasteiger partial charge in [0.05, 0.1) is 5.52 Å². The van der Waals surface area contributed by atoms with E-state index in [9.17, 15) is 4.39 Å². The molecule has 0 unspecified atom stereocenters. The van der Waals surface area contributed by atoms with Crippen LogP contribution in [-0.4, -0.2) is 4.98 Å². The van der Waals surface area contributed by atoms with Gasteiger partial charge in [-0.3, -0.25) is 0 Å². The van der Waals surface area contributed by atoms with Gasteiger partial charge in [-0.1, -0.05) is 19.9 Å². The van der Waals surface area contributed by atoms with Crippen LogP contribution in [0, 0.1) is 12.7 Å². The van der Waals surface area contributed by atoms with Gasteiger partial charge in [-0.25, -0.2) is 4.39 Å². The summed E-state index contributed by atoms with van der Waals surface area (Å²) in [5.74, 6) is 0.255. The minimum atomic E-state index is -0.169. The first-order valence-electron chi connectivity index (χ1n) is 4.87. The van der Waals surface area contributed by atoms with Crippen LogP contribution < -0.4 is 0 Å². The lowest BCUT2D eigenvalue weighted by Gasteiger charge is -2.08. The lowest BCUT2D eigenvalue weighted by atomic mass is 9.97. The quantitative estimate of drug-likeness (QED) is 0.706. The van der Waals surface area contributed by atoms with E-state index in [1.165, 1.54) is 11.6 Å². The van der Waals surface area contributed by atoms with Gasteiger partial charge in [-0.15, -0.1) is 0 Å². The third-order valence-electron chi connectivity index (χ3n) is 2.64. The van der Waals surface area contributed by atoms with Crippen LogP contribution in [0.2, 0.25) is 0 Å². The summed E-state index contributed by atoms with van der Waals surface area (Å²) in [4.78, 5) is 2.98. The second-order valence-corrected chi connectivity index (χ2v) is 4.01. The molecule has 0 saturated carbocycles. The van der Waals surface area contributed by atoms with Crippen LogP contribution >= 0.6 is 0 Å². The number of benzene rings is 1. The third kappa shape index (κ3) is 1.22. The summed E-state index contributed by atoms with van der Waals surface area (Å²) < 4.78 is 13.4. The van der Waals surface area contributed by atoms with E-state index in [1.54, 1.807) is 0 Å². The van der Waals surface area contributed by atoms with Crippen molar-refractivity contribution in [3.8, 4) is 0 Å². The summed E-state index contributed by atoms with van der Waals surface area (Å²) >= 11 is 0. The Balaban J connectivity index is 2.85. The molecule has 1 heterocycles. The van der Waals surface area contributed by atoms with Gasteiger partial charge in [0.2, 0.25) is 0 Å². The molecule has 0 atom stereocenters. The predicted octanol–water partition coefficient (Wildman–Crippen LogP) is 3.74. The number of nitrogens with one attached hydrogen (secondary N) is 1. The van der Waals surface area contributed by atoms with Crippen molar-refractivity contribution in [1.29, 1.82) is 0 Å². The summed E-state index contributed by atoms with van der Waals surface area (Å²) in [6, 6.07) is 3.41. The summed E-state index contributed by atoms with van der Waals surface area (Å²) in [7, 11) is 0. The van der Waals surface area contributed by atoms with Gasteiger partial charge in [0.1, 0.15) is 5.82 Å². The van der Waals surface area contributed by atoms with Crippen molar-refractivity contribution >= 4 is 10.9 Å². The lowest BCUT2D eigenvalue weighted by Crippen LogP contribution is -1.90. The molecular weight excluding hydrogens is 177 g/mol. The molecule has 1 nitrogen and oxygen atoms in total. The van der Waals surface area contributed by atoms with Crippen LogP contribution in [-0.2, 0) is 0 Å². The summed E-state index contributed by atoms with van der Waals surface area (Å²) in [6.07, 6.45) is 1.86. The number of hydrogen-bond acceptors (Lipinski definition) is 0. The number of rotatable bonds is 1. The van der Waals surface area contributed by atoms with E-state index in [2.05, 4.69) is 18.8 Å². The van der Waals surface area contributed by atoms with E-state index in [1.807, 2.05) is 19.2 Å². The molecule has 1 aromatic carbocycles. The zero-order chi connectivity index (χ0) is 10.3. The predicted molar refractivity (Wildman–Crippen MR) is 57.1 cm³/mol. The number of fused-ring (bicyclic) bond motifs is 1. The first-order chi connectivity index (χ1) is 6.61. The number of aromatic amines is 1. The zero-order valence-electron chi connectivity index (χ0n) is 8.69. The fourth-order valence-electron chi connectivity index (χ4n) is 1.89. The van der Waals surface area contributed by atoms with Crippen LogP contribution in [0.3, 0.4) is 0 Å². The molecule has 14 heavy (non-hydrogen) atoms. The van der Waals surface area contributed by atoms with Crippen molar-refractivity contribution in [1.82, 2.24) is 4.98 Å². The maximum absolute atomic E-state index is 13.4. The highest BCUT2D eigenvalue weighted by atomic mass is 19.1. The molecule has 2 rings (SSSR count). The Morgan fingerprint density at radius 1 is 1.29 bits per heavy atom. The fraction of sp³-hybridized carbons (Fsp3) is 0.333. The van der Waals surface area contributed by atoms with Crippen molar-refractivity contribution in [3.63, 3.8) is 0 Å². The fourth-order valence-corrected chi connectivity index (χ4v) is 1.89. The smallest absolute Gasteiger partial charge is 0.147 e. The van der Waals surface area contributed by atoms with Gasteiger partial charge in [0.25, 0.3) is 0 Å². The molecule has 0 bridgehead atoms. The molecule has 2 heteroatoms. The molecule has 74 valence electrons. The Kier molecular flexibility index (Phi) is 2.06. The molecule has 0 amide bonds. The standard InChI is InChI=1S/C12H14FN/c1-7(2)9-4-5-10(13)12-11(9)8(3)6-14-12/h4-7,14H,1-3H3. The van der Waals surface area contributed by atoms with Crippen LogP contribution in [0.25, 0.3) is 10.9 Å². The van der Waals surface area contributed by atoms with Crippen LogP contribution in [0.1, 0.15) is 30.9 Å². The zero-order valence-corrected chi connectivity index (χ0v) is 8.69. The molecule has 0 spiro atoms. The Hall–Kier alpha value is -1.31. The molecule has 1 N–H and O–H groups in total. The van der Waals surface area contributed by atoms with Crippen molar-refractivity contribution in [2.75, 3.05) is 0 Å². The summed E-state index contributed by atoms with van der Waals surface area (Å²) in [5, 5.41) is 1.04. The molecule has 0 fully saturated rings. The Morgan fingerprint density at radius 2 is 2.00 bits per heavy atom. The summed E-state index contributed by atoms with van der Waals surface area (Å²) in [5.41, 5.74) is 2.96. The molecular formula is C12H14FN. The molecule has 0 aliphatic rings. The molecule has 0 saturated heterocycles. The molecule has 1 aromatic heterocycles. The van der Waals surface area contributed by atoms with E-state index in [-0.39, 0.29) is 5.82 Å². The number of H-pyrrole nitrogens is 1. The van der Waals surface area contributed by atoms with E-state index < -0.39 is 0 Å². The highest BCUT2D eigenvalue weighted by Gasteiger charge is 2.11. The maximum Gasteiger partial charge on any atom is 0.147 e. The van der Waals surface area contributed by atoms with E-state index in [4.69, 9.17) is 0 Å². The van der Waals surface area contributed by atoms with Crippen LogP contribution in [0.15, 0.2) is 18.3 Å². The summed E-state index contributed by atoms with van der Waals surface area (Å²) in [6.45, 7) is 6.25. The number of hydrogen-bond donors (Lipinski definition) is 1. The average Bonchev–Trinajstić information content (AvgIpc) is 2.50. The van der Waals surface area contributed by atoms with E-state index in [0.29, 0.717) is 11.4 Å². The van der Waals surface area contributed by atoms with Crippen molar-refractivity contribution in [3.05, 3.63) is 35.3 Å². The monoisotopic (exact) mass is 191 g/mol. The van der Waals surface area contributed by atoms with Gasteiger partial charge in [0.15, 0.2) is 0 Å². The molecule has 0 aliphatic heterocycles. The Bertz CT molecular complexity index is 468. The molecule has 0 radical (unpaired) electrons. The van der Waals surface area contributed by atoms with Crippen molar-refractivity contribution in [2.24, 2.45) is 0 Å². The van der Waals surface area contributed by atoms with E-state index >= 15 is 0 Å². The second-order valence-electron chi connectivity index (χ2n) is 4.01. The first-order valence-corrected chi connectivity index (χ1v) is 4.87. The normalized spacial score (nSPS) is 11.5. The van der Waals surface area contributed by atoms with Crippen LogP contribution in [0.5, 0.6) is 0 Å². The lowest BCUT2D eigenvalue weighted by molar-refractivity contribution is 0.636. The SMILES string of the molecule is Cc1c[nH]c2c(F)ccc(C(C)C)c12. The highest BCUT2D eigenvalue weighted by Crippen LogP contribution is 2.29. The third-order valence-corrected chi connectivity index (χ3v) is 2.64. The van der Waals surface area contributed by atoms with E-state index in [0.717, 1.165) is 10.9 Å².